The van der Waals surface area contributed by atoms with Crippen LogP contribution in [0.15, 0.2) is 28.3 Å². The number of nitrogens with two attached hydrogens (primary N) is 1. The van der Waals surface area contributed by atoms with Crippen LogP contribution in [0.2, 0.25) is 0 Å². The molecule has 16 heavy (non-hydrogen) atoms. The molecule has 3 N–H and O–H groups in total. The van der Waals surface area contributed by atoms with Crippen molar-refractivity contribution in [3.63, 3.8) is 0 Å². The van der Waals surface area contributed by atoms with Crippen LogP contribution >= 0.6 is 11.8 Å². The van der Waals surface area contributed by atoms with Gasteiger partial charge in [0, 0.05) is 4.90 Å². The van der Waals surface area contributed by atoms with E-state index in [4.69, 9.17) is 20.4 Å². The summed E-state index contributed by atoms with van der Waals surface area (Å²) in [6, 6.07) is 5.54. The summed E-state index contributed by atoms with van der Waals surface area (Å²) < 4.78 is 10.3. The molecule has 0 spiro atoms. The average molecular weight is 242 g/mol. The van der Waals surface area contributed by atoms with Gasteiger partial charge in [-0.2, -0.15) is 0 Å². The fourth-order valence-corrected chi connectivity index (χ4v) is 1.82. The first kappa shape index (κ1) is 12.5. The number of nitrogens with zero attached hydrogens (tertiary/aromatic N) is 1. The number of oxime groups is 1. The lowest BCUT2D eigenvalue weighted by Crippen LogP contribution is -2.14. The molecule has 0 fully saturated rings. The summed E-state index contributed by atoms with van der Waals surface area (Å²) in [7, 11) is 3.16. The quantitative estimate of drug-likeness (QED) is 0.269. The monoisotopic (exact) mass is 242 g/mol. The minimum Gasteiger partial charge on any atom is -0.493 e. The summed E-state index contributed by atoms with van der Waals surface area (Å²) in [5.41, 5.74) is 5.37. The van der Waals surface area contributed by atoms with Gasteiger partial charge in [0.05, 0.1) is 20.0 Å². The number of thioether (sulfide) groups is 1. The zero-order valence-corrected chi connectivity index (χ0v) is 9.95. The van der Waals surface area contributed by atoms with Gasteiger partial charge in [0.25, 0.3) is 0 Å². The number of ether oxygens (including phenoxy) is 2. The Morgan fingerprint density at radius 1 is 1.38 bits per heavy atom. The van der Waals surface area contributed by atoms with Gasteiger partial charge in [-0.3, -0.25) is 0 Å². The molecule has 0 aromatic heterocycles. The second-order valence-corrected chi connectivity index (χ2v) is 3.95. The molecule has 0 saturated carbocycles. The number of amidine groups is 1. The van der Waals surface area contributed by atoms with Crippen molar-refractivity contribution in [3.8, 4) is 11.5 Å². The molecule has 5 nitrogen and oxygen atoms in total. The molecular weight excluding hydrogens is 228 g/mol. The van der Waals surface area contributed by atoms with E-state index in [0.717, 1.165) is 4.90 Å². The Balaban J connectivity index is 2.75. The van der Waals surface area contributed by atoms with E-state index in [2.05, 4.69) is 5.16 Å². The SMILES string of the molecule is COc1ccc(SCC(N)=NO)cc1OC. The smallest absolute Gasteiger partial charge is 0.161 e. The molecule has 0 saturated heterocycles. The van der Waals surface area contributed by atoms with Crippen molar-refractivity contribution >= 4 is 17.6 Å². The number of hydrogen-bond donors (Lipinski definition) is 2. The molecule has 0 amide bonds. The largest absolute Gasteiger partial charge is 0.493 e. The van der Waals surface area contributed by atoms with Crippen molar-refractivity contribution in [2.75, 3.05) is 20.0 Å². The van der Waals surface area contributed by atoms with Gasteiger partial charge in [0.2, 0.25) is 0 Å². The zero-order chi connectivity index (χ0) is 12.0. The van der Waals surface area contributed by atoms with E-state index >= 15 is 0 Å². The summed E-state index contributed by atoms with van der Waals surface area (Å²) in [5, 5.41) is 11.3. The third-order valence-corrected chi connectivity index (χ3v) is 2.90. The molecule has 6 heteroatoms. The lowest BCUT2D eigenvalue weighted by Gasteiger charge is -2.08. The Hall–Kier alpha value is -1.56. The van der Waals surface area contributed by atoms with Gasteiger partial charge in [-0.1, -0.05) is 5.16 Å². The van der Waals surface area contributed by atoms with E-state index in [1.54, 1.807) is 14.2 Å². The van der Waals surface area contributed by atoms with Crippen LogP contribution in [0.1, 0.15) is 0 Å². The van der Waals surface area contributed by atoms with Gasteiger partial charge >= 0.3 is 0 Å². The summed E-state index contributed by atoms with van der Waals surface area (Å²) in [6.07, 6.45) is 0. The van der Waals surface area contributed by atoms with Gasteiger partial charge < -0.3 is 20.4 Å². The van der Waals surface area contributed by atoms with Gasteiger partial charge in [-0.05, 0) is 18.2 Å². The van der Waals surface area contributed by atoms with Crippen LogP contribution in [0.3, 0.4) is 0 Å². The van der Waals surface area contributed by atoms with Gasteiger partial charge in [0.15, 0.2) is 11.5 Å². The Morgan fingerprint density at radius 2 is 2.06 bits per heavy atom. The van der Waals surface area contributed by atoms with Gasteiger partial charge in [-0.25, -0.2) is 0 Å². The van der Waals surface area contributed by atoms with E-state index in [1.807, 2.05) is 18.2 Å². The lowest BCUT2D eigenvalue weighted by atomic mass is 10.3. The minimum absolute atomic E-state index is 0.180. The van der Waals surface area contributed by atoms with Crippen LogP contribution in [0.25, 0.3) is 0 Å². The lowest BCUT2D eigenvalue weighted by molar-refractivity contribution is 0.318. The van der Waals surface area contributed by atoms with Crippen LogP contribution in [0.4, 0.5) is 0 Å². The van der Waals surface area contributed by atoms with E-state index in [0.29, 0.717) is 17.3 Å². The maximum absolute atomic E-state index is 8.40. The molecule has 0 radical (unpaired) electrons. The molecule has 0 unspecified atom stereocenters. The highest BCUT2D eigenvalue weighted by Crippen LogP contribution is 2.31. The first-order chi connectivity index (χ1) is 7.71. The molecule has 1 aromatic rings. The summed E-state index contributed by atoms with van der Waals surface area (Å²) in [6.45, 7) is 0. The van der Waals surface area contributed by atoms with Gasteiger partial charge in [-0.15, -0.1) is 11.8 Å². The third kappa shape index (κ3) is 3.23. The minimum atomic E-state index is 0.180. The number of hydrogen-bond acceptors (Lipinski definition) is 5. The molecule has 0 aliphatic carbocycles. The molecule has 0 heterocycles. The Bertz CT molecular complexity index is 382. The molecule has 0 aliphatic heterocycles. The van der Waals surface area contributed by atoms with E-state index < -0.39 is 0 Å². The van der Waals surface area contributed by atoms with Crippen molar-refractivity contribution in [2.24, 2.45) is 10.9 Å². The Kier molecular flexibility index (Phi) is 4.78. The Morgan fingerprint density at radius 3 is 2.62 bits per heavy atom. The molecule has 1 aromatic carbocycles. The topological polar surface area (TPSA) is 77.1 Å². The van der Waals surface area contributed by atoms with Crippen molar-refractivity contribution in [2.45, 2.75) is 4.90 Å². The first-order valence-corrected chi connectivity index (χ1v) is 5.51. The van der Waals surface area contributed by atoms with E-state index in [-0.39, 0.29) is 5.84 Å². The predicted molar refractivity (Wildman–Crippen MR) is 63.7 cm³/mol. The average Bonchev–Trinajstić information content (AvgIpc) is 2.35. The Labute approximate surface area is 98.2 Å². The molecule has 0 atom stereocenters. The molecule has 0 bridgehead atoms. The van der Waals surface area contributed by atoms with E-state index in [1.165, 1.54) is 11.8 Å². The van der Waals surface area contributed by atoms with Crippen LogP contribution in [0.5, 0.6) is 11.5 Å². The maximum Gasteiger partial charge on any atom is 0.161 e. The van der Waals surface area contributed by atoms with Crippen LogP contribution in [0, 0.1) is 0 Å². The third-order valence-electron chi connectivity index (χ3n) is 1.87. The highest BCUT2D eigenvalue weighted by Gasteiger charge is 2.05. The van der Waals surface area contributed by atoms with Crippen LogP contribution in [-0.4, -0.2) is 31.0 Å². The van der Waals surface area contributed by atoms with Gasteiger partial charge in [0.1, 0.15) is 5.84 Å². The second-order valence-electron chi connectivity index (χ2n) is 2.90. The molecular formula is C10H14N2O3S. The van der Waals surface area contributed by atoms with Crippen molar-refractivity contribution in [1.82, 2.24) is 0 Å². The van der Waals surface area contributed by atoms with Crippen molar-refractivity contribution < 1.29 is 14.7 Å². The predicted octanol–water partition coefficient (Wildman–Crippen LogP) is 1.54. The standard InChI is InChI=1S/C10H14N2O3S/c1-14-8-4-3-7(5-9(8)15-2)16-6-10(11)12-13/h3-5,13H,6H2,1-2H3,(H2,11,12). The zero-order valence-electron chi connectivity index (χ0n) is 9.14. The van der Waals surface area contributed by atoms with Crippen LogP contribution < -0.4 is 15.2 Å². The number of benzene rings is 1. The number of rotatable bonds is 5. The van der Waals surface area contributed by atoms with Crippen LogP contribution in [-0.2, 0) is 0 Å². The summed E-state index contributed by atoms with van der Waals surface area (Å²) in [5.74, 6) is 1.94. The van der Waals surface area contributed by atoms with Crippen molar-refractivity contribution in [3.05, 3.63) is 18.2 Å². The fraction of sp³-hybridized carbons (Fsp3) is 0.300. The second kappa shape index (κ2) is 6.12. The molecule has 0 aliphatic rings. The summed E-state index contributed by atoms with van der Waals surface area (Å²) >= 11 is 1.45. The van der Waals surface area contributed by atoms with E-state index in [9.17, 15) is 0 Å². The maximum atomic E-state index is 8.40. The highest BCUT2D eigenvalue weighted by molar-refractivity contribution is 8.00. The number of methoxy groups -OCH3 is 2. The first-order valence-electron chi connectivity index (χ1n) is 4.52. The normalized spacial score (nSPS) is 11.2. The highest BCUT2D eigenvalue weighted by atomic mass is 32.2. The molecule has 1 rings (SSSR count). The fourth-order valence-electron chi connectivity index (χ4n) is 1.09. The van der Waals surface area contributed by atoms with Crippen molar-refractivity contribution in [1.29, 1.82) is 0 Å². The summed E-state index contributed by atoms with van der Waals surface area (Å²) in [4.78, 5) is 0.962. The molecule has 88 valence electrons.